The number of nitrogens with one attached hydrogen (secondary N) is 2. The predicted octanol–water partition coefficient (Wildman–Crippen LogP) is 4.37. The number of para-hydroxylation sites is 1. The van der Waals surface area contributed by atoms with Crippen molar-refractivity contribution in [1.29, 1.82) is 0 Å². The summed E-state index contributed by atoms with van der Waals surface area (Å²) in [5, 5.41) is 7.26. The average molecular weight is 483 g/mol. The van der Waals surface area contributed by atoms with E-state index in [4.69, 9.17) is 9.15 Å². The number of hydrogen-bond donors (Lipinski definition) is 2. The van der Waals surface area contributed by atoms with Gasteiger partial charge in [0.25, 0.3) is 0 Å². The SMILES string of the molecule is CN=C(NCc1ccccc1OC)NCc1oc2ccc(F)cc2c1C.I. The number of methoxy groups -OCH3 is 1. The van der Waals surface area contributed by atoms with Gasteiger partial charge in [0.15, 0.2) is 5.96 Å². The molecule has 0 radical (unpaired) electrons. The largest absolute Gasteiger partial charge is 0.496 e. The van der Waals surface area contributed by atoms with Crippen molar-refractivity contribution in [3.05, 3.63) is 65.2 Å². The van der Waals surface area contributed by atoms with Crippen LogP contribution >= 0.6 is 24.0 Å². The Morgan fingerprint density at radius 3 is 2.63 bits per heavy atom. The molecule has 0 amide bonds. The first-order valence-electron chi connectivity index (χ1n) is 8.36. The van der Waals surface area contributed by atoms with E-state index in [9.17, 15) is 4.39 Å². The molecule has 1 heterocycles. The van der Waals surface area contributed by atoms with E-state index in [1.165, 1.54) is 12.1 Å². The molecule has 0 saturated carbocycles. The molecule has 0 atom stereocenters. The highest BCUT2D eigenvalue weighted by Crippen LogP contribution is 2.25. The number of furan rings is 1. The Hall–Kier alpha value is -2.29. The summed E-state index contributed by atoms with van der Waals surface area (Å²) in [6.07, 6.45) is 0. The molecule has 2 aromatic carbocycles. The van der Waals surface area contributed by atoms with Gasteiger partial charge >= 0.3 is 0 Å². The summed E-state index contributed by atoms with van der Waals surface area (Å²) in [5.41, 5.74) is 2.64. The molecule has 27 heavy (non-hydrogen) atoms. The minimum Gasteiger partial charge on any atom is -0.496 e. The summed E-state index contributed by atoms with van der Waals surface area (Å²) < 4.78 is 24.6. The van der Waals surface area contributed by atoms with Crippen LogP contribution in [0.2, 0.25) is 0 Å². The van der Waals surface area contributed by atoms with Gasteiger partial charge in [0.1, 0.15) is 22.9 Å². The molecule has 0 fully saturated rings. The molecule has 0 aliphatic rings. The first-order chi connectivity index (χ1) is 12.6. The standard InChI is InChI=1S/C20H22FN3O2.HI/c1-13-16-10-15(21)8-9-18(16)26-19(13)12-24-20(22-2)23-11-14-6-4-5-7-17(14)25-3;/h4-10H,11-12H2,1-3H3,(H2,22,23,24);1H. The number of guanidine groups is 1. The molecule has 7 heteroatoms. The molecule has 0 aliphatic heterocycles. The Labute approximate surface area is 175 Å². The molecule has 0 saturated heterocycles. The van der Waals surface area contributed by atoms with Crippen LogP contribution in [0.4, 0.5) is 4.39 Å². The van der Waals surface area contributed by atoms with Crippen molar-refractivity contribution in [3.63, 3.8) is 0 Å². The molecule has 0 spiro atoms. The third-order valence-electron chi connectivity index (χ3n) is 4.28. The monoisotopic (exact) mass is 483 g/mol. The maximum Gasteiger partial charge on any atom is 0.191 e. The van der Waals surface area contributed by atoms with Gasteiger partial charge in [-0.25, -0.2) is 4.39 Å². The highest BCUT2D eigenvalue weighted by Gasteiger charge is 2.12. The fourth-order valence-corrected chi connectivity index (χ4v) is 2.82. The van der Waals surface area contributed by atoms with Gasteiger partial charge in [0.05, 0.1) is 13.7 Å². The van der Waals surface area contributed by atoms with Crippen molar-refractivity contribution < 1.29 is 13.5 Å². The fraction of sp³-hybridized carbons (Fsp3) is 0.250. The number of rotatable bonds is 5. The van der Waals surface area contributed by atoms with Gasteiger partial charge in [-0.2, -0.15) is 0 Å². The van der Waals surface area contributed by atoms with E-state index in [-0.39, 0.29) is 29.8 Å². The summed E-state index contributed by atoms with van der Waals surface area (Å²) in [6.45, 7) is 2.95. The van der Waals surface area contributed by atoms with E-state index in [1.54, 1.807) is 20.2 Å². The number of nitrogens with zero attached hydrogens (tertiary/aromatic N) is 1. The lowest BCUT2D eigenvalue weighted by atomic mass is 10.1. The van der Waals surface area contributed by atoms with Crippen LogP contribution in [0.1, 0.15) is 16.9 Å². The van der Waals surface area contributed by atoms with Crippen molar-refractivity contribution >= 4 is 40.9 Å². The number of benzene rings is 2. The Morgan fingerprint density at radius 1 is 1.15 bits per heavy atom. The topological polar surface area (TPSA) is 58.8 Å². The van der Waals surface area contributed by atoms with Gasteiger partial charge in [-0.1, -0.05) is 18.2 Å². The third-order valence-corrected chi connectivity index (χ3v) is 4.28. The van der Waals surface area contributed by atoms with Gasteiger partial charge < -0.3 is 19.8 Å². The fourth-order valence-electron chi connectivity index (χ4n) is 2.82. The lowest BCUT2D eigenvalue weighted by Crippen LogP contribution is -2.36. The molecular weight excluding hydrogens is 460 g/mol. The van der Waals surface area contributed by atoms with Crippen LogP contribution < -0.4 is 15.4 Å². The van der Waals surface area contributed by atoms with Crippen LogP contribution in [0.15, 0.2) is 51.9 Å². The third kappa shape index (κ3) is 4.91. The number of ether oxygens (including phenoxy) is 1. The molecule has 3 rings (SSSR count). The van der Waals surface area contributed by atoms with Crippen molar-refractivity contribution in [3.8, 4) is 5.75 Å². The van der Waals surface area contributed by atoms with E-state index in [1.807, 2.05) is 31.2 Å². The molecule has 0 unspecified atom stereocenters. The molecule has 5 nitrogen and oxygen atoms in total. The number of hydrogen-bond acceptors (Lipinski definition) is 3. The molecule has 3 aromatic rings. The molecule has 1 aromatic heterocycles. The van der Waals surface area contributed by atoms with Gasteiger partial charge in [-0.15, -0.1) is 24.0 Å². The highest BCUT2D eigenvalue weighted by molar-refractivity contribution is 14.0. The molecule has 0 bridgehead atoms. The van der Waals surface area contributed by atoms with Gasteiger partial charge in [0, 0.05) is 30.1 Å². The Balaban J connectivity index is 0.00000261. The van der Waals surface area contributed by atoms with E-state index < -0.39 is 0 Å². The molecule has 0 aliphatic carbocycles. The second-order valence-electron chi connectivity index (χ2n) is 5.88. The normalized spacial score (nSPS) is 11.2. The van der Waals surface area contributed by atoms with E-state index in [0.29, 0.717) is 24.6 Å². The molecule has 2 N–H and O–H groups in total. The average Bonchev–Trinajstić information content (AvgIpc) is 2.97. The van der Waals surface area contributed by atoms with Crippen molar-refractivity contribution in [2.45, 2.75) is 20.0 Å². The maximum atomic E-state index is 13.4. The van der Waals surface area contributed by atoms with Gasteiger partial charge in [-0.05, 0) is 31.2 Å². The minimum absolute atomic E-state index is 0. The summed E-state index contributed by atoms with van der Waals surface area (Å²) in [5.74, 6) is 1.95. The molecule has 144 valence electrons. The number of halogens is 2. The van der Waals surface area contributed by atoms with Crippen LogP contribution in [0.5, 0.6) is 5.75 Å². The Bertz CT molecular complexity index is 940. The zero-order valence-electron chi connectivity index (χ0n) is 15.5. The second kappa shape index (κ2) is 9.59. The van der Waals surface area contributed by atoms with Crippen LogP contribution in [-0.2, 0) is 13.1 Å². The highest BCUT2D eigenvalue weighted by atomic mass is 127. The van der Waals surface area contributed by atoms with Crippen LogP contribution in [0.3, 0.4) is 0 Å². The first kappa shape index (κ1) is 21.0. The smallest absolute Gasteiger partial charge is 0.191 e. The van der Waals surface area contributed by atoms with E-state index in [2.05, 4.69) is 15.6 Å². The Morgan fingerprint density at radius 2 is 1.89 bits per heavy atom. The van der Waals surface area contributed by atoms with Gasteiger partial charge in [-0.3, -0.25) is 4.99 Å². The number of aliphatic imine (C=N–C) groups is 1. The maximum absolute atomic E-state index is 13.4. The van der Waals surface area contributed by atoms with Crippen molar-refractivity contribution in [2.75, 3.05) is 14.2 Å². The first-order valence-corrected chi connectivity index (χ1v) is 8.36. The second-order valence-corrected chi connectivity index (χ2v) is 5.88. The lowest BCUT2D eigenvalue weighted by Gasteiger charge is -2.13. The zero-order valence-corrected chi connectivity index (χ0v) is 17.8. The predicted molar refractivity (Wildman–Crippen MR) is 116 cm³/mol. The Kier molecular flexibility index (Phi) is 7.46. The van der Waals surface area contributed by atoms with Crippen LogP contribution in [0, 0.1) is 12.7 Å². The summed E-state index contributed by atoms with van der Waals surface area (Å²) in [6, 6.07) is 12.4. The summed E-state index contributed by atoms with van der Waals surface area (Å²) in [4.78, 5) is 4.22. The lowest BCUT2D eigenvalue weighted by molar-refractivity contribution is 0.409. The van der Waals surface area contributed by atoms with Crippen molar-refractivity contribution in [1.82, 2.24) is 10.6 Å². The van der Waals surface area contributed by atoms with E-state index in [0.717, 1.165) is 28.0 Å². The zero-order chi connectivity index (χ0) is 18.5. The molecular formula is C20H23FIN3O2. The minimum atomic E-state index is -0.268. The quantitative estimate of drug-likeness (QED) is 0.322. The number of aryl methyl sites for hydroxylation is 1. The number of fused-ring (bicyclic) bond motifs is 1. The van der Waals surface area contributed by atoms with Crippen LogP contribution in [0.25, 0.3) is 11.0 Å². The summed E-state index contributed by atoms with van der Waals surface area (Å²) in [7, 11) is 3.36. The van der Waals surface area contributed by atoms with Crippen LogP contribution in [-0.4, -0.2) is 20.1 Å². The van der Waals surface area contributed by atoms with Gasteiger partial charge in [0.2, 0.25) is 0 Å². The van der Waals surface area contributed by atoms with E-state index >= 15 is 0 Å². The summed E-state index contributed by atoms with van der Waals surface area (Å²) >= 11 is 0. The van der Waals surface area contributed by atoms with Crippen molar-refractivity contribution in [2.24, 2.45) is 4.99 Å².